The molecule has 120 valence electrons. The second-order valence-electron chi connectivity index (χ2n) is 5.05. The lowest BCUT2D eigenvalue weighted by Crippen LogP contribution is -2.34. The van der Waals surface area contributed by atoms with Crippen LogP contribution >= 0.6 is 46.4 Å². The molecule has 2 N–H and O–H groups in total. The number of hydrogen-bond acceptors (Lipinski definition) is 2. The van der Waals surface area contributed by atoms with E-state index in [1.54, 1.807) is 12.1 Å². The van der Waals surface area contributed by atoms with Crippen molar-refractivity contribution in [3.63, 3.8) is 0 Å². The highest BCUT2D eigenvalue weighted by molar-refractivity contribution is 14.1. The SMILES string of the molecule is CCc1cc(I)ccc1NC(=S)NC(=O)c1ccc(C)cc1Cl. The van der Waals surface area contributed by atoms with Gasteiger partial charge in [-0.15, -0.1) is 0 Å². The molecule has 0 bridgehead atoms. The third-order valence-electron chi connectivity index (χ3n) is 3.29. The number of amides is 1. The molecule has 0 aliphatic carbocycles. The topological polar surface area (TPSA) is 41.1 Å². The molecule has 0 aliphatic heterocycles. The monoisotopic (exact) mass is 458 g/mol. The number of rotatable bonds is 3. The molecule has 0 unspecified atom stereocenters. The molecule has 2 aromatic carbocycles. The molecule has 0 aromatic heterocycles. The largest absolute Gasteiger partial charge is 0.332 e. The van der Waals surface area contributed by atoms with Crippen molar-refractivity contribution in [3.8, 4) is 0 Å². The predicted octanol–water partition coefficient (Wildman–Crippen LogP) is 4.94. The first-order chi connectivity index (χ1) is 10.9. The van der Waals surface area contributed by atoms with Gasteiger partial charge in [0.05, 0.1) is 10.6 Å². The summed E-state index contributed by atoms with van der Waals surface area (Å²) >= 11 is 13.6. The molecule has 1 amide bonds. The standard InChI is InChI=1S/C17H16ClIN2OS/c1-3-11-9-12(19)5-7-15(11)20-17(23)21-16(22)13-6-4-10(2)8-14(13)18/h4-9H,3H2,1-2H3,(H2,20,21,22,23). The Morgan fingerprint density at radius 2 is 2.00 bits per heavy atom. The number of benzene rings is 2. The highest BCUT2D eigenvalue weighted by Crippen LogP contribution is 2.20. The van der Waals surface area contributed by atoms with Gasteiger partial charge in [0.25, 0.3) is 5.91 Å². The van der Waals surface area contributed by atoms with Crippen molar-refractivity contribution >= 4 is 63.1 Å². The Labute approximate surface area is 159 Å². The predicted molar refractivity (Wildman–Crippen MR) is 108 cm³/mol. The Bertz CT molecular complexity index is 764. The molecular weight excluding hydrogens is 443 g/mol. The van der Waals surface area contributed by atoms with E-state index in [2.05, 4.69) is 46.2 Å². The zero-order valence-electron chi connectivity index (χ0n) is 12.7. The van der Waals surface area contributed by atoms with Crippen LogP contribution in [0.25, 0.3) is 0 Å². The summed E-state index contributed by atoms with van der Waals surface area (Å²) in [5, 5.41) is 6.40. The Kier molecular flexibility index (Phi) is 6.38. The second kappa shape index (κ2) is 8.08. The zero-order valence-corrected chi connectivity index (χ0v) is 16.5. The first-order valence-corrected chi connectivity index (χ1v) is 8.94. The zero-order chi connectivity index (χ0) is 17.0. The van der Waals surface area contributed by atoms with Crippen LogP contribution in [0.15, 0.2) is 36.4 Å². The number of carbonyl (C=O) groups excluding carboxylic acids is 1. The summed E-state index contributed by atoms with van der Waals surface area (Å²) in [6.07, 6.45) is 0.875. The summed E-state index contributed by atoms with van der Waals surface area (Å²) < 4.78 is 1.16. The lowest BCUT2D eigenvalue weighted by Gasteiger charge is -2.13. The van der Waals surface area contributed by atoms with Gasteiger partial charge in [-0.05, 0) is 89.6 Å². The van der Waals surface area contributed by atoms with Crippen molar-refractivity contribution in [2.24, 2.45) is 0 Å². The molecule has 23 heavy (non-hydrogen) atoms. The Hall–Kier alpha value is -1.18. The van der Waals surface area contributed by atoms with Crippen molar-refractivity contribution in [1.82, 2.24) is 5.32 Å². The van der Waals surface area contributed by atoms with Crippen molar-refractivity contribution in [3.05, 3.63) is 61.7 Å². The van der Waals surface area contributed by atoms with Crippen LogP contribution < -0.4 is 10.6 Å². The summed E-state index contributed by atoms with van der Waals surface area (Å²) in [4.78, 5) is 12.3. The third-order valence-corrected chi connectivity index (χ3v) is 4.48. The number of carbonyl (C=O) groups is 1. The highest BCUT2D eigenvalue weighted by Gasteiger charge is 2.12. The van der Waals surface area contributed by atoms with E-state index in [0.29, 0.717) is 10.6 Å². The summed E-state index contributed by atoms with van der Waals surface area (Å²) in [5.41, 5.74) is 3.44. The van der Waals surface area contributed by atoms with Crippen LogP contribution in [-0.4, -0.2) is 11.0 Å². The van der Waals surface area contributed by atoms with Crippen molar-refractivity contribution in [2.45, 2.75) is 20.3 Å². The van der Waals surface area contributed by atoms with E-state index in [1.165, 1.54) is 0 Å². The van der Waals surface area contributed by atoms with E-state index in [1.807, 2.05) is 25.1 Å². The number of halogens is 2. The highest BCUT2D eigenvalue weighted by atomic mass is 127. The van der Waals surface area contributed by atoms with Gasteiger partial charge in [0.1, 0.15) is 0 Å². The molecule has 3 nitrogen and oxygen atoms in total. The van der Waals surface area contributed by atoms with E-state index in [0.717, 1.165) is 26.8 Å². The molecule has 6 heteroatoms. The van der Waals surface area contributed by atoms with Crippen LogP contribution in [0.5, 0.6) is 0 Å². The second-order valence-corrected chi connectivity index (χ2v) is 7.11. The molecule has 0 radical (unpaired) electrons. The van der Waals surface area contributed by atoms with Crippen LogP contribution in [0.2, 0.25) is 5.02 Å². The summed E-state index contributed by atoms with van der Waals surface area (Å²) in [5.74, 6) is -0.323. The first-order valence-electron chi connectivity index (χ1n) is 7.07. The normalized spacial score (nSPS) is 10.3. The number of hydrogen-bond donors (Lipinski definition) is 2. The fourth-order valence-electron chi connectivity index (χ4n) is 2.11. The van der Waals surface area contributed by atoms with Crippen LogP contribution in [-0.2, 0) is 6.42 Å². The number of nitrogens with one attached hydrogen (secondary N) is 2. The molecule has 0 spiro atoms. The maximum atomic E-state index is 12.3. The number of thiocarbonyl (C=S) groups is 1. The van der Waals surface area contributed by atoms with Gasteiger partial charge in [-0.3, -0.25) is 10.1 Å². The fourth-order valence-corrected chi connectivity index (χ4v) is 3.18. The molecular formula is C17H16ClIN2OS. The van der Waals surface area contributed by atoms with Gasteiger partial charge in [0, 0.05) is 9.26 Å². The van der Waals surface area contributed by atoms with Gasteiger partial charge >= 0.3 is 0 Å². The van der Waals surface area contributed by atoms with Gasteiger partial charge < -0.3 is 5.32 Å². The van der Waals surface area contributed by atoms with Gasteiger partial charge in [0.2, 0.25) is 0 Å². The minimum atomic E-state index is -0.323. The lowest BCUT2D eigenvalue weighted by molar-refractivity contribution is 0.0978. The van der Waals surface area contributed by atoms with E-state index >= 15 is 0 Å². The smallest absolute Gasteiger partial charge is 0.258 e. The summed E-state index contributed by atoms with van der Waals surface area (Å²) in [6.45, 7) is 3.99. The van der Waals surface area contributed by atoms with E-state index < -0.39 is 0 Å². The van der Waals surface area contributed by atoms with Crippen molar-refractivity contribution in [2.75, 3.05) is 5.32 Å². The van der Waals surface area contributed by atoms with Gasteiger partial charge in [-0.1, -0.05) is 24.6 Å². The molecule has 0 fully saturated rings. The lowest BCUT2D eigenvalue weighted by atomic mass is 10.1. The third kappa shape index (κ3) is 4.89. The van der Waals surface area contributed by atoms with Crippen LogP contribution in [0.4, 0.5) is 5.69 Å². The van der Waals surface area contributed by atoms with Gasteiger partial charge in [0.15, 0.2) is 5.11 Å². The van der Waals surface area contributed by atoms with Gasteiger partial charge in [-0.25, -0.2) is 0 Å². The Morgan fingerprint density at radius 1 is 1.26 bits per heavy atom. The fraction of sp³-hybridized carbons (Fsp3) is 0.176. The van der Waals surface area contributed by atoms with E-state index in [-0.39, 0.29) is 11.0 Å². The maximum absolute atomic E-state index is 12.3. The minimum Gasteiger partial charge on any atom is -0.332 e. The molecule has 0 saturated heterocycles. The quantitative estimate of drug-likeness (QED) is 0.505. The average molecular weight is 459 g/mol. The average Bonchev–Trinajstić information content (AvgIpc) is 2.48. The Morgan fingerprint density at radius 3 is 2.65 bits per heavy atom. The molecule has 0 heterocycles. The molecule has 0 saturated carbocycles. The minimum absolute atomic E-state index is 0.252. The van der Waals surface area contributed by atoms with Gasteiger partial charge in [-0.2, -0.15) is 0 Å². The number of aryl methyl sites for hydroxylation is 2. The van der Waals surface area contributed by atoms with Crippen LogP contribution in [0, 0.1) is 10.5 Å². The maximum Gasteiger partial charge on any atom is 0.258 e. The van der Waals surface area contributed by atoms with E-state index in [9.17, 15) is 4.79 Å². The van der Waals surface area contributed by atoms with Crippen molar-refractivity contribution < 1.29 is 4.79 Å². The molecule has 2 rings (SSSR count). The molecule has 2 aromatic rings. The van der Waals surface area contributed by atoms with Crippen LogP contribution in [0.3, 0.4) is 0 Å². The molecule has 0 atom stereocenters. The summed E-state index contributed by atoms with van der Waals surface area (Å²) in [6, 6.07) is 11.3. The molecule has 0 aliphatic rings. The Balaban J connectivity index is 2.09. The summed E-state index contributed by atoms with van der Waals surface area (Å²) in [7, 11) is 0. The van der Waals surface area contributed by atoms with Crippen LogP contribution in [0.1, 0.15) is 28.4 Å². The van der Waals surface area contributed by atoms with E-state index in [4.69, 9.17) is 23.8 Å². The van der Waals surface area contributed by atoms with Crippen molar-refractivity contribution in [1.29, 1.82) is 0 Å². The number of anilines is 1. The first kappa shape index (κ1) is 18.2.